The summed E-state index contributed by atoms with van der Waals surface area (Å²) in [5.74, 6) is 1.10. The molecule has 0 spiro atoms. The Bertz CT molecular complexity index is 689. The number of hydrogen-bond acceptors (Lipinski definition) is 4. The number of non-ortho nitro benzene ring substituents is 1. The van der Waals surface area contributed by atoms with E-state index in [0.717, 1.165) is 28.8 Å². The summed E-state index contributed by atoms with van der Waals surface area (Å²) in [7, 11) is 1.81. The Morgan fingerprint density at radius 3 is 2.62 bits per heavy atom. The molecule has 2 rings (SSSR count). The van der Waals surface area contributed by atoms with Gasteiger partial charge in [-0.2, -0.15) is 5.10 Å². The largest absolute Gasteiger partial charge is 0.384 e. The van der Waals surface area contributed by atoms with Gasteiger partial charge in [-0.3, -0.25) is 14.8 Å². The van der Waals surface area contributed by atoms with E-state index >= 15 is 0 Å². The van der Waals surface area contributed by atoms with Crippen LogP contribution in [0.5, 0.6) is 0 Å². The van der Waals surface area contributed by atoms with E-state index in [1.807, 2.05) is 14.0 Å². The van der Waals surface area contributed by atoms with Crippen molar-refractivity contribution in [1.82, 2.24) is 9.78 Å². The molecule has 6 heteroatoms. The molecule has 1 aromatic carbocycles. The second-order valence-corrected chi connectivity index (χ2v) is 5.69. The maximum atomic E-state index is 10.8. The van der Waals surface area contributed by atoms with E-state index in [1.54, 1.807) is 16.8 Å². The van der Waals surface area contributed by atoms with Crippen molar-refractivity contribution in [2.24, 2.45) is 13.0 Å². The molecule has 0 atom stereocenters. The Morgan fingerprint density at radius 1 is 1.43 bits per heavy atom. The van der Waals surface area contributed by atoms with Crippen LogP contribution in [0.15, 0.2) is 18.2 Å². The first-order valence-corrected chi connectivity index (χ1v) is 6.88. The van der Waals surface area contributed by atoms with E-state index in [1.165, 1.54) is 6.07 Å². The fourth-order valence-corrected chi connectivity index (χ4v) is 2.43. The average Bonchev–Trinajstić information content (AvgIpc) is 2.66. The highest BCUT2D eigenvalue weighted by atomic mass is 16.6. The SMILES string of the molecule is Cc1cc([N+](=O)[O-])ccc1-c1nn(C)c(N)c1CC(C)C. The molecule has 0 fully saturated rings. The molecular weight excluding hydrogens is 268 g/mol. The van der Waals surface area contributed by atoms with Gasteiger partial charge in [0.2, 0.25) is 0 Å². The molecule has 112 valence electrons. The van der Waals surface area contributed by atoms with Crippen molar-refractivity contribution < 1.29 is 4.92 Å². The summed E-state index contributed by atoms with van der Waals surface area (Å²) in [5.41, 5.74) is 9.74. The van der Waals surface area contributed by atoms with Crippen molar-refractivity contribution in [2.45, 2.75) is 27.2 Å². The maximum Gasteiger partial charge on any atom is 0.269 e. The summed E-state index contributed by atoms with van der Waals surface area (Å²) in [6.07, 6.45) is 0.825. The highest BCUT2D eigenvalue weighted by Gasteiger charge is 2.19. The molecule has 2 aromatic rings. The van der Waals surface area contributed by atoms with Crippen molar-refractivity contribution in [3.63, 3.8) is 0 Å². The van der Waals surface area contributed by atoms with Crippen LogP contribution in [-0.4, -0.2) is 14.7 Å². The van der Waals surface area contributed by atoms with Crippen LogP contribution in [0.1, 0.15) is 25.0 Å². The van der Waals surface area contributed by atoms with E-state index in [2.05, 4.69) is 18.9 Å². The van der Waals surface area contributed by atoms with Crippen LogP contribution in [0.4, 0.5) is 11.5 Å². The average molecular weight is 288 g/mol. The van der Waals surface area contributed by atoms with Gasteiger partial charge in [-0.1, -0.05) is 13.8 Å². The predicted octanol–water partition coefficient (Wildman–Crippen LogP) is 3.08. The molecule has 0 aliphatic carbocycles. The number of aryl methyl sites for hydroxylation is 2. The summed E-state index contributed by atoms with van der Waals surface area (Å²) >= 11 is 0. The summed E-state index contributed by atoms with van der Waals surface area (Å²) in [5, 5.41) is 15.3. The molecule has 1 aromatic heterocycles. The molecule has 6 nitrogen and oxygen atoms in total. The molecule has 0 saturated heterocycles. The monoisotopic (exact) mass is 288 g/mol. The summed E-state index contributed by atoms with van der Waals surface area (Å²) < 4.78 is 1.66. The van der Waals surface area contributed by atoms with Gasteiger partial charge in [-0.25, -0.2) is 0 Å². The van der Waals surface area contributed by atoms with Crippen molar-refractivity contribution in [3.8, 4) is 11.3 Å². The Kier molecular flexibility index (Phi) is 3.97. The molecule has 2 N–H and O–H groups in total. The van der Waals surface area contributed by atoms with Crippen molar-refractivity contribution in [1.29, 1.82) is 0 Å². The van der Waals surface area contributed by atoms with E-state index in [9.17, 15) is 10.1 Å². The van der Waals surface area contributed by atoms with Crippen molar-refractivity contribution >= 4 is 11.5 Å². The smallest absolute Gasteiger partial charge is 0.269 e. The first-order valence-electron chi connectivity index (χ1n) is 6.88. The zero-order chi connectivity index (χ0) is 15.7. The van der Waals surface area contributed by atoms with Crippen LogP contribution in [-0.2, 0) is 13.5 Å². The minimum Gasteiger partial charge on any atom is -0.384 e. The van der Waals surface area contributed by atoms with Gasteiger partial charge in [-0.05, 0) is 30.9 Å². The van der Waals surface area contributed by atoms with Gasteiger partial charge in [0.1, 0.15) is 5.82 Å². The standard InChI is InChI=1S/C15H20N4O2/c1-9(2)7-13-14(17-18(4)15(13)16)12-6-5-11(19(20)21)8-10(12)3/h5-6,8-9H,7,16H2,1-4H3. The fourth-order valence-electron chi connectivity index (χ4n) is 2.43. The highest BCUT2D eigenvalue weighted by Crippen LogP contribution is 2.32. The number of nitro benzene ring substituents is 1. The Balaban J connectivity index is 2.56. The zero-order valence-corrected chi connectivity index (χ0v) is 12.8. The molecule has 0 bridgehead atoms. The molecule has 0 aliphatic heterocycles. The summed E-state index contributed by atoms with van der Waals surface area (Å²) in [6, 6.07) is 4.82. The molecule has 0 unspecified atom stereocenters. The molecule has 21 heavy (non-hydrogen) atoms. The number of nitrogens with zero attached hydrogens (tertiary/aromatic N) is 3. The fraction of sp³-hybridized carbons (Fsp3) is 0.400. The number of aromatic nitrogens is 2. The first-order chi connectivity index (χ1) is 9.81. The third kappa shape index (κ3) is 2.89. The van der Waals surface area contributed by atoms with Crippen LogP contribution in [0.2, 0.25) is 0 Å². The lowest BCUT2D eigenvalue weighted by Gasteiger charge is -2.08. The van der Waals surface area contributed by atoms with E-state index in [-0.39, 0.29) is 5.69 Å². The quantitative estimate of drug-likeness (QED) is 0.691. The second-order valence-electron chi connectivity index (χ2n) is 5.69. The molecule has 0 aliphatic rings. The minimum absolute atomic E-state index is 0.0885. The van der Waals surface area contributed by atoms with Gasteiger partial charge in [0, 0.05) is 30.3 Å². The number of rotatable bonds is 4. The van der Waals surface area contributed by atoms with Crippen LogP contribution in [0.25, 0.3) is 11.3 Å². The lowest BCUT2D eigenvalue weighted by atomic mass is 9.96. The van der Waals surface area contributed by atoms with Gasteiger partial charge < -0.3 is 5.73 Å². The van der Waals surface area contributed by atoms with Gasteiger partial charge in [-0.15, -0.1) is 0 Å². The third-order valence-electron chi connectivity index (χ3n) is 3.48. The molecule has 1 heterocycles. The number of nitro groups is 1. The van der Waals surface area contributed by atoms with Crippen molar-refractivity contribution in [2.75, 3.05) is 5.73 Å². The maximum absolute atomic E-state index is 10.8. The van der Waals surface area contributed by atoms with Gasteiger partial charge in [0.05, 0.1) is 10.6 Å². The normalized spacial score (nSPS) is 11.1. The van der Waals surface area contributed by atoms with Gasteiger partial charge in [0.25, 0.3) is 5.69 Å². The number of nitrogen functional groups attached to an aromatic ring is 1. The predicted molar refractivity (Wildman–Crippen MR) is 83.0 cm³/mol. The second kappa shape index (κ2) is 5.55. The zero-order valence-electron chi connectivity index (χ0n) is 12.8. The third-order valence-corrected chi connectivity index (χ3v) is 3.48. The Hall–Kier alpha value is -2.37. The Labute approximate surface area is 123 Å². The van der Waals surface area contributed by atoms with Crippen LogP contribution < -0.4 is 5.73 Å². The van der Waals surface area contributed by atoms with E-state index in [4.69, 9.17) is 5.73 Å². The van der Waals surface area contributed by atoms with Crippen molar-refractivity contribution in [3.05, 3.63) is 39.4 Å². The van der Waals surface area contributed by atoms with Gasteiger partial charge >= 0.3 is 0 Å². The van der Waals surface area contributed by atoms with E-state index in [0.29, 0.717) is 11.7 Å². The van der Waals surface area contributed by atoms with Crippen LogP contribution >= 0.6 is 0 Å². The number of benzene rings is 1. The summed E-state index contributed by atoms with van der Waals surface area (Å²) in [6.45, 7) is 6.10. The van der Waals surface area contributed by atoms with E-state index < -0.39 is 4.92 Å². The lowest BCUT2D eigenvalue weighted by molar-refractivity contribution is -0.384. The molecule has 0 radical (unpaired) electrons. The first kappa shape index (κ1) is 15.0. The molecule has 0 saturated carbocycles. The molecule has 0 amide bonds. The number of hydrogen-bond donors (Lipinski definition) is 1. The topological polar surface area (TPSA) is 87.0 Å². The van der Waals surface area contributed by atoms with Crippen LogP contribution in [0, 0.1) is 23.0 Å². The van der Waals surface area contributed by atoms with Gasteiger partial charge in [0.15, 0.2) is 0 Å². The number of nitrogens with two attached hydrogens (primary N) is 1. The minimum atomic E-state index is -0.390. The molecular formula is C15H20N4O2. The summed E-state index contributed by atoms with van der Waals surface area (Å²) in [4.78, 5) is 10.4. The number of anilines is 1. The Morgan fingerprint density at radius 2 is 2.10 bits per heavy atom. The lowest BCUT2D eigenvalue weighted by Crippen LogP contribution is -2.02. The highest BCUT2D eigenvalue weighted by molar-refractivity contribution is 5.72. The van der Waals surface area contributed by atoms with Crippen LogP contribution in [0.3, 0.4) is 0 Å².